The number of aromatic nitrogens is 2. The molecule has 1 aliphatic rings. The highest BCUT2D eigenvalue weighted by Crippen LogP contribution is 2.29. The molecule has 10 heteroatoms. The van der Waals surface area contributed by atoms with E-state index in [9.17, 15) is 22.8 Å². The predicted octanol–water partition coefficient (Wildman–Crippen LogP) is 1.59. The van der Waals surface area contributed by atoms with E-state index >= 15 is 0 Å². The zero-order valence-electron chi connectivity index (χ0n) is 18.7. The lowest BCUT2D eigenvalue weighted by atomic mass is 10.1. The number of hydrogen-bond acceptors (Lipinski definition) is 5. The van der Waals surface area contributed by atoms with Crippen LogP contribution in [0.3, 0.4) is 0 Å². The zero-order valence-corrected chi connectivity index (χ0v) is 19.6. The molecule has 174 valence electrons. The summed E-state index contributed by atoms with van der Waals surface area (Å²) in [5.41, 5.74) is 0.972. The van der Waals surface area contributed by atoms with E-state index in [1.54, 1.807) is 6.07 Å². The van der Waals surface area contributed by atoms with E-state index in [4.69, 9.17) is 0 Å². The molecule has 1 aromatic heterocycles. The average molecular weight is 471 g/mol. The molecule has 0 radical (unpaired) electrons. The number of benzene rings is 2. The molecule has 3 aromatic rings. The van der Waals surface area contributed by atoms with Crippen molar-refractivity contribution in [2.75, 3.05) is 11.9 Å². The lowest BCUT2D eigenvalue weighted by Crippen LogP contribution is -2.43. The number of fused-ring (bicyclic) bond motifs is 1. The predicted molar refractivity (Wildman–Crippen MR) is 126 cm³/mol. The van der Waals surface area contributed by atoms with Crippen LogP contribution < -0.4 is 16.4 Å². The van der Waals surface area contributed by atoms with Crippen molar-refractivity contribution in [3.8, 4) is 0 Å². The first-order chi connectivity index (χ1) is 15.7. The number of amides is 1. The molecular formula is C23H26N4O5S. The summed E-state index contributed by atoms with van der Waals surface area (Å²) in [4.78, 5) is 37.3. The number of nitrogens with zero attached hydrogens (tertiary/aromatic N) is 3. The van der Waals surface area contributed by atoms with Gasteiger partial charge in [0.25, 0.3) is 0 Å². The van der Waals surface area contributed by atoms with Gasteiger partial charge >= 0.3 is 11.1 Å². The number of carbonyl (C=O) groups excluding carboxylic acids is 1. The summed E-state index contributed by atoms with van der Waals surface area (Å²) in [5, 5.41) is 2.89. The third-order valence-corrected chi connectivity index (χ3v) is 8.14. The monoisotopic (exact) mass is 470 g/mol. The Morgan fingerprint density at radius 1 is 1.03 bits per heavy atom. The molecule has 4 rings (SSSR count). The van der Waals surface area contributed by atoms with Crippen LogP contribution in [0.15, 0.2) is 56.9 Å². The number of para-hydroxylation sites is 1. The van der Waals surface area contributed by atoms with Crippen molar-refractivity contribution in [2.45, 2.75) is 37.1 Å². The maximum atomic E-state index is 13.5. The highest BCUT2D eigenvalue weighted by Gasteiger charge is 2.39. The topological polar surface area (TPSA) is 110 Å². The zero-order chi connectivity index (χ0) is 23.9. The van der Waals surface area contributed by atoms with Gasteiger partial charge in [-0.25, -0.2) is 8.42 Å². The second-order valence-corrected chi connectivity index (χ2v) is 10.0. The van der Waals surface area contributed by atoms with Gasteiger partial charge in [0.15, 0.2) is 0 Å². The Balaban J connectivity index is 1.70. The first-order valence-corrected chi connectivity index (χ1v) is 12.2. The molecule has 1 atom stereocenters. The fourth-order valence-electron chi connectivity index (χ4n) is 4.31. The molecule has 1 aliphatic heterocycles. The van der Waals surface area contributed by atoms with Crippen LogP contribution in [0.5, 0.6) is 0 Å². The van der Waals surface area contributed by atoms with Gasteiger partial charge in [-0.2, -0.15) is 4.31 Å². The Kier molecular flexibility index (Phi) is 5.98. The summed E-state index contributed by atoms with van der Waals surface area (Å²) >= 11 is 0. The number of rotatable bonds is 5. The molecule has 1 saturated heterocycles. The van der Waals surface area contributed by atoms with Crippen LogP contribution in [0.1, 0.15) is 25.3 Å². The molecule has 1 amide bonds. The summed E-state index contributed by atoms with van der Waals surface area (Å²) in [6.07, 6.45) is 1.72. The third kappa shape index (κ3) is 3.89. The third-order valence-electron chi connectivity index (χ3n) is 6.23. The summed E-state index contributed by atoms with van der Waals surface area (Å²) in [7, 11) is -1.12. The maximum absolute atomic E-state index is 13.5. The van der Waals surface area contributed by atoms with Gasteiger partial charge in [-0.1, -0.05) is 25.1 Å². The number of aryl methyl sites for hydroxylation is 3. The van der Waals surface area contributed by atoms with Crippen molar-refractivity contribution >= 4 is 32.7 Å². The molecule has 9 nitrogen and oxygen atoms in total. The van der Waals surface area contributed by atoms with Crippen LogP contribution in [0.4, 0.5) is 5.69 Å². The normalized spacial score (nSPS) is 16.9. The molecule has 2 heterocycles. The molecule has 33 heavy (non-hydrogen) atoms. The molecular weight excluding hydrogens is 444 g/mol. The minimum atomic E-state index is -4.02. The second-order valence-electron chi connectivity index (χ2n) is 8.15. The molecule has 0 spiro atoms. The Morgan fingerprint density at radius 2 is 1.70 bits per heavy atom. The second kappa shape index (κ2) is 8.60. The highest BCUT2D eigenvalue weighted by atomic mass is 32.2. The molecule has 0 aliphatic carbocycles. The molecule has 0 unspecified atom stereocenters. The van der Waals surface area contributed by atoms with E-state index in [2.05, 4.69) is 5.32 Å². The van der Waals surface area contributed by atoms with Gasteiger partial charge in [0, 0.05) is 26.3 Å². The highest BCUT2D eigenvalue weighted by molar-refractivity contribution is 7.89. The molecule has 0 bridgehead atoms. The Labute approximate surface area is 191 Å². The van der Waals surface area contributed by atoms with Gasteiger partial charge in [-0.15, -0.1) is 0 Å². The van der Waals surface area contributed by atoms with E-state index in [0.717, 1.165) is 16.6 Å². The molecule has 1 fully saturated rings. The lowest BCUT2D eigenvalue weighted by molar-refractivity contribution is -0.119. The quantitative estimate of drug-likeness (QED) is 0.570. The Morgan fingerprint density at radius 3 is 2.39 bits per heavy atom. The van der Waals surface area contributed by atoms with Crippen LogP contribution in [-0.4, -0.2) is 40.4 Å². The van der Waals surface area contributed by atoms with Crippen molar-refractivity contribution in [1.29, 1.82) is 0 Å². The van der Waals surface area contributed by atoms with Gasteiger partial charge in [0.1, 0.15) is 6.04 Å². The van der Waals surface area contributed by atoms with Crippen LogP contribution >= 0.6 is 0 Å². The van der Waals surface area contributed by atoms with E-state index in [0.29, 0.717) is 29.6 Å². The standard InChI is InChI=1S/C23H26N4O5S/c1-4-15-8-5-6-9-17(15)24-21(28)19-10-7-13-27(19)33(31,32)16-11-12-18-20(14-16)26(3)23(30)22(29)25(18)2/h5-6,8-9,11-12,14,19H,4,7,10,13H2,1-3H3,(H,24,28)/t19-/m0/s1. The minimum Gasteiger partial charge on any atom is -0.324 e. The number of sulfonamides is 1. The average Bonchev–Trinajstić information content (AvgIpc) is 3.32. The van der Waals surface area contributed by atoms with Crippen LogP contribution in [-0.2, 0) is 35.3 Å². The van der Waals surface area contributed by atoms with Crippen molar-refractivity contribution in [3.63, 3.8) is 0 Å². The van der Waals surface area contributed by atoms with Crippen molar-refractivity contribution < 1.29 is 13.2 Å². The molecule has 1 N–H and O–H groups in total. The fraction of sp³-hybridized carbons (Fsp3) is 0.348. The molecule has 0 saturated carbocycles. The number of nitrogens with one attached hydrogen (secondary N) is 1. The first-order valence-electron chi connectivity index (χ1n) is 10.8. The summed E-state index contributed by atoms with van der Waals surface area (Å²) in [6, 6.07) is 10.9. The Hall–Kier alpha value is -3.24. The largest absolute Gasteiger partial charge is 0.324 e. The first kappa shape index (κ1) is 22.9. The van der Waals surface area contributed by atoms with Crippen LogP contribution in [0.2, 0.25) is 0 Å². The lowest BCUT2D eigenvalue weighted by Gasteiger charge is -2.24. The smallest absolute Gasteiger partial charge is 0.316 e. The van der Waals surface area contributed by atoms with Gasteiger partial charge in [0.2, 0.25) is 15.9 Å². The summed E-state index contributed by atoms with van der Waals surface area (Å²) in [6.45, 7) is 2.21. The van der Waals surface area contributed by atoms with Crippen molar-refractivity contribution in [3.05, 3.63) is 68.7 Å². The molecule has 2 aromatic carbocycles. The van der Waals surface area contributed by atoms with Crippen LogP contribution in [0, 0.1) is 0 Å². The fourth-order valence-corrected chi connectivity index (χ4v) is 5.99. The van der Waals surface area contributed by atoms with Gasteiger partial charge < -0.3 is 14.5 Å². The van der Waals surface area contributed by atoms with Gasteiger partial charge in [0.05, 0.1) is 15.9 Å². The summed E-state index contributed by atoms with van der Waals surface area (Å²) < 4.78 is 30.6. The number of carbonyl (C=O) groups is 1. The van der Waals surface area contributed by atoms with E-state index in [-0.39, 0.29) is 17.3 Å². The maximum Gasteiger partial charge on any atom is 0.316 e. The number of anilines is 1. The summed E-state index contributed by atoms with van der Waals surface area (Å²) in [5.74, 6) is -0.368. The van der Waals surface area contributed by atoms with Crippen LogP contribution in [0.25, 0.3) is 11.0 Å². The van der Waals surface area contributed by atoms with Crippen molar-refractivity contribution in [1.82, 2.24) is 13.4 Å². The van der Waals surface area contributed by atoms with E-state index in [1.165, 1.54) is 41.2 Å². The van der Waals surface area contributed by atoms with E-state index in [1.807, 2.05) is 25.1 Å². The van der Waals surface area contributed by atoms with Crippen molar-refractivity contribution in [2.24, 2.45) is 14.1 Å². The van der Waals surface area contributed by atoms with E-state index < -0.39 is 27.2 Å². The van der Waals surface area contributed by atoms with Gasteiger partial charge in [-0.05, 0) is 49.1 Å². The Bertz CT molecular complexity index is 1470. The van der Waals surface area contributed by atoms with Gasteiger partial charge in [-0.3, -0.25) is 14.4 Å². The minimum absolute atomic E-state index is 0.0303. The number of hydrogen-bond donors (Lipinski definition) is 1. The SMILES string of the molecule is CCc1ccccc1NC(=O)[C@@H]1CCCN1S(=O)(=O)c1ccc2c(c1)n(C)c(=O)c(=O)n2C.